The third kappa shape index (κ3) is 7.58. The van der Waals surface area contributed by atoms with Gasteiger partial charge < -0.3 is 14.2 Å². The molecule has 0 saturated heterocycles. The first-order chi connectivity index (χ1) is 13.7. The number of ether oxygens (including phenoxy) is 3. The molecule has 0 bridgehead atoms. The van der Waals surface area contributed by atoms with E-state index in [0.717, 1.165) is 0 Å². The molecule has 0 aliphatic carbocycles. The zero-order valence-corrected chi connectivity index (χ0v) is 17.7. The van der Waals surface area contributed by atoms with Crippen molar-refractivity contribution < 1.29 is 27.4 Å². The average Bonchev–Trinajstić information content (AvgIpc) is 2.68. The van der Waals surface area contributed by atoms with E-state index in [0.29, 0.717) is 25.0 Å². The highest BCUT2D eigenvalue weighted by Crippen LogP contribution is 2.21. The Bertz CT molecular complexity index is 896. The second-order valence-electron chi connectivity index (χ2n) is 7.14. The molecule has 0 atom stereocenters. The molecule has 0 aliphatic rings. The van der Waals surface area contributed by atoms with E-state index in [1.807, 2.05) is 0 Å². The first-order valence-electron chi connectivity index (χ1n) is 9.21. The van der Waals surface area contributed by atoms with Gasteiger partial charge in [0, 0.05) is 25.3 Å². The van der Waals surface area contributed by atoms with E-state index in [4.69, 9.17) is 14.2 Å². The van der Waals surface area contributed by atoms with Gasteiger partial charge in [-0.3, -0.25) is 0 Å². The largest absolute Gasteiger partial charge is 0.423 e. The van der Waals surface area contributed by atoms with Crippen molar-refractivity contribution in [3.63, 3.8) is 0 Å². The standard InChI is InChI=1S/C21H27NO6S/c1-21(2,13-8-14-27-16-26-3)22-29(24,25)19-12-7-11-18(15-19)28-20(23)17-9-5-4-6-10-17/h4-7,9-12,15,22H,8,13-14,16H2,1-3H3. The molecule has 2 aromatic carbocycles. The molecular weight excluding hydrogens is 394 g/mol. The van der Waals surface area contributed by atoms with Crippen LogP contribution in [0.3, 0.4) is 0 Å². The van der Waals surface area contributed by atoms with Crippen LogP contribution in [0.2, 0.25) is 0 Å². The number of rotatable bonds is 11. The van der Waals surface area contributed by atoms with E-state index >= 15 is 0 Å². The highest BCUT2D eigenvalue weighted by molar-refractivity contribution is 7.89. The minimum Gasteiger partial charge on any atom is -0.423 e. The molecule has 2 aromatic rings. The summed E-state index contributed by atoms with van der Waals surface area (Å²) in [6, 6.07) is 14.4. The molecule has 29 heavy (non-hydrogen) atoms. The van der Waals surface area contributed by atoms with Gasteiger partial charge in [-0.05, 0) is 51.0 Å². The van der Waals surface area contributed by atoms with E-state index in [1.165, 1.54) is 24.3 Å². The van der Waals surface area contributed by atoms with Gasteiger partial charge in [-0.25, -0.2) is 17.9 Å². The predicted octanol–water partition coefficient (Wildman–Crippen LogP) is 3.36. The van der Waals surface area contributed by atoms with E-state index in [-0.39, 0.29) is 17.4 Å². The van der Waals surface area contributed by atoms with Crippen molar-refractivity contribution in [3.05, 3.63) is 60.2 Å². The fraction of sp³-hybridized carbons (Fsp3) is 0.381. The van der Waals surface area contributed by atoms with Crippen molar-refractivity contribution in [2.45, 2.75) is 37.1 Å². The summed E-state index contributed by atoms with van der Waals surface area (Å²) < 4.78 is 43.6. The van der Waals surface area contributed by atoms with Gasteiger partial charge in [0.15, 0.2) is 0 Å². The quantitative estimate of drug-likeness (QED) is 0.259. The lowest BCUT2D eigenvalue weighted by Crippen LogP contribution is -2.43. The van der Waals surface area contributed by atoms with Crippen molar-refractivity contribution >= 4 is 16.0 Å². The van der Waals surface area contributed by atoms with Crippen LogP contribution < -0.4 is 9.46 Å². The summed E-state index contributed by atoms with van der Waals surface area (Å²) in [7, 11) is -2.25. The van der Waals surface area contributed by atoms with Gasteiger partial charge in [-0.2, -0.15) is 0 Å². The first kappa shape index (κ1) is 23.0. The summed E-state index contributed by atoms with van der Waals surface area (Å²) in [5, 5.41) is 0. The third-order valence-electron chi connectivity index (χ3n) is 4.04. The maximum absolute atomic E-state index is 12.8. The lowest BCUT2D eigenvalue weighted by molar-refractivity contribution is -0.0324. The normalized spacial score (nSPS) is 12.0. The van der Waals surface area contributed by atoms with E-state index in [2.05, 4.69) is 4.72 Å². The average molecular weight is 422 g/mol. The Morgan fingerprint density at radius 2 is 1.79 bits per heavy atom. The van der Waals surface area contributed by atoms with Gasteiger partial charge in [-0.1, -0.05) is 24.3 Å². The van der Waals surface area contributed by atoms with E-state index in [9.17, 15) is 13.2 Å². The summed E-state index contributed by atoms with van der Waals surface area (Å²) in [6.07, 6.45) is 1.26. The third-order valence-corrected chi connectivity index (χ3v) is 5.73. The van der Waals surface area contributed by atoms with Gasteiger partial charge in [0.2, 0.25) is 10.0 Å². The van der Waals surface area contributed by atoms with Crippen LogP contribution in [-0.4, -0.2) is 40.4 Å². The minimum atomic E-state index is -3.80. The van der Waals surface area contributed by atoms with Crippen LogP contribution in [-0.2, 0) is 19.5 Å². The summed E-state index contributed by atoms with van der Waals surface area (Å²) in [5.41, 5.74) is -0.290. The smallest absolute Gasteiger partial charge is 0.343 e. The summed E-state index contributed by atoms with van der Waals surface area (Å²) in [6.45, 7) is 4.30. The zero-order chi connectivity index (χ0) is 21.3. The number of nitrogens with one attached hydrogen (secondary N) is 1. The second kappa shape index (κ2) is 10.5. The van der Waals surface area contributed by atoms with Crippen molar-refractivity contribution in [2.24, 2.45) is 0 Å². The Morgan fingerprint density at radius 1 is 1.07 bits per heavy atom. The fourth-order valence-corrected chi connectivity index (χ4v) is 4.15. The molecule has 8 heteroatoms. The lowest BCUT2D eigenvalue weighted by atomic mass is 10.0. The van der Waals surface area contributed by atoms with Gasteiger partial charge in [-0.15, -0.1) is 0 Å². The van der Waals surface area contributed by atoms with Crippen LogP contribution in [0.4, 0.5) is 0 Å². The maximum Gasteiger partial charge on any atom is 0.343 e. The fourth-order valence-electron chi connectivity index (χ4n) is 2.68. The van der Waals surface area contributed by atoms with Crippen LogP contribution in [0.25, 0.3) is 0 Å². The number of methoxy groups -OCH3 is 1. The molecule has 0 aliphatic heterocycles. The second-order valence-corrected chi connectivity index (χ2v) is 8.82. The van der Waals surface area contributed by atoms with Gasteiger partial charge >= 0.3 is 5.97 Å². The molecule has 0 heterocycles. The summed E-state index contributed by atoms with van der Waals surface area (Å²) >= 11 is 0. The van der Waals surface area contributed by atoms with Crippen molar-refractivity contribution in [3.8, 4) is 5.75 Å². The maximum atomic E-state index is 12.8. The van der Waals surface area contributed by atoms with Crippen LogP contribution >= 0.6 is 0 Å². The Balaban J connectivity index is 2.03. The highest BCUT2D eigenvalue weighted by Gasteiger charge is 2.26. The predicted molar refractivity (Wildman–Crippen MR) is 109 cm³/mol. The van der Waals surface area contributed by atoms with Crippen LogP contribution in [0, 0.1) is 0 Å². The zero-order valence-electron chi connectivity index (χ0n) is 16.9. The highest BCUT2D eigenvalue weighted by atomic mass is 32.2. The number of hydrogen-bond acceptors (Lipinski definition) is 6. The molecule has 0 spiro atoms. The van der Waals surface area contributed by atoms with Crippen molar-refractivity contribution in [1.82, 2.24) is 4.72 Å². The Labute approximate surface area is 172 Å². The van der Waals surface area contributed by atoms with Crippen LogP contribution in [0.5, 0.6) is 5.75 Å². The van der Waals surface area contributed by atoms with E-state index in [1.54, 1.807) is 51.3 Å². The lowest BCUT2D eigenvalue weighted by Gasteiger charge is -2.26. The molecule has 158 valence electrons. The van der Waals surface area contributed by atoms with Crippen LogP contribution in [0.1, 0.15) is 37.0 Å². The summed E-state index contributed by atoms with van der Waals surface area (Å²) in [5.74, 6) is -0.392. The number of hydrogen-bond donors (Lipinski definition) is 1. The van der Waals surface area contributed by atoms with Crippen LogP contribution in [0.15, 0.2) is 59.5 Å². The monoisotopic (exact) mass is 421 g/mol. The number of benzene rings is 2. The van der Waals surface area contributed by atoms with Crippen molar-refractivity contribution in [1.29, 1.82) is 0 Å². The molecule has 2 rings (SSSR count). The molecule has 0 amide bonds. The number of carbonyl (C=O) groups excluding carboxylic acids is 1. The van der Waals surface area contributed by atoms with E-state index < -0.39 is 21.5 Å². The number of sulfonamides is 1. The van der Waals surface area contributed by atoms with Gasteiger partial charge in [0.25, 0.3) is 0 Å². The Morgan fingerprint density at radius 3 is 2.48 bits per heavy atom. The summed E-state index contributed by atoms with van der Waals surface area (Å²) in [4.78, 5) is 12.2. The van der Waals surface area contributed by atoms with Gasteiger partial charge in [0.1, 0.15) is 12.5 Å². The molecule has 7 nitrogen and oxygen atoms in total. The molecule has 0 saturated carbocycles. The van der Waals surface area contributed by atoms with Crippen molar-refractivity contribution in [2.75, 3.05) is 20.5 Å². The Kier molecular flexibility index (Phi) is 8.33. The molecule has 0 unspecified atom stereocenters. The molecule has 0 radical (unpaired) electrons. The molecular formula is C21H27NO6S. The number of esters is 1. The SMILES string of the molecule is COCOCCCC(C)(C)NS(=O)(=O)c1cccc(OC(=O)c2ccccc2)c1. The first-order valence-corrected chi connectivity index (χ1v) is 10.7. The molecule has 1 N–H and O–H groups in total. The van der Waals surface area contributed by atoms with Gasteiger partial charge in [0.05, 0.1) is 10.5 Å². The number of carbonyl (C=O) groups is 1. The molecule has 0 fully saturated rings. The minimum absolute atomic E-state index is 0.0274. The Hall–Kier alpha value is -2.26. The topological polar surface area (TPSA) is 90.9 Å². The molecule has 0 aromatic heterocycles.